The van der Waals surface area contributed by atoms with Crippen molar-refractivity contribution in [3.8, 4) is 17.0 Å². The number of pyridine rings is 1. The summed E-state index contributed by atoms with van der Waals surface area (Å²) < 4.78 is 5.32. The van der Waals surface area contributed by atoms with Crippen molar-refractivity contribution in [3.63, 3.8) is 0 Å². The third-order valence-electron chi connectivity index (χ3n) is 4.12. The fourth-order valence-electron chi connectivity index (χ4n) is 2.91. The van der Waals surface area contributed by atoms with Crippen LogP contribution in [0.25, 0.3) is 22.2 Å². The molecule has 0 saturated carbocycles. The molecule has 0 aliphatic heterocycles. The minimum atomic E-state index is 0.871. The molecule has 2 nitrogen and oxygen atoms in total. The van der Waals surface area contributed by atoms with Crippen molar-refractivity contribution >= 4 is 10.9 Å². The molecule has 0 spiro atoms. The van der Waals surface area contributed by atoms with Crippen LogP contribution >= 0.6 is 0 Å². The lowest BCUT2D eigenvalue weighted by molar-refractivity contribution is 0.415. The summed E-state index contributed by atoms with van der Waals surface area (Å²) in [7, 11) is 1.69. The topological polar surface area (TPSA) is 22.1 Å². The molecule has 2 heteroatoms. The van der Waals surface area contributed by atoms with Crippen LogP contribution in [0.5, 0.6) is 5.75 Å². The second-order valence-electron chi connectivity index (χ2n) is 5.73. The summed E-state index contributed by atoms with van der Waals surface area (Å²) in [6.45, 7) is 6.45. The van der Waals surface area contributed by atoms with Crippen LogP contribution in [0.3, 0.4) is 0 Å². The number of rotatable bonds is 3. The number of ether oxygens (including phenoxy) is 1. The van der Waals surface area contributed by atoms with Gasteiger partial charge in [0.05, 0.1) is 18.3 Å². The molecule has 0 atom stereocenters. The van der Waals surface area contributed by atoms with Gasteiger partial charge in [-0.3, -0.25) is 0 Å². The maximum atomic E-state index is 5.32. The van der Waals surface area contributed by atoms with Crippen molar-refractivity contribution < 1.29 is 4.74 Å². The second kappa shape index (κ2) is 5.80. The quantitative estimate of drug-likeness (QED) is 0.670. The minimum Gasteiger partial charge on any atom is -0.497 e. The Balaban J connectivity index is 2.24. The van der Waals surface area contributed by atoms with E-state index in [1.807, 2.05) is 18.2 Å². The molecular formula is C20H21NO. The highest BCUT2D eigenvalue weighted by Gasteiger charge is 2.11. The molecule has 22 heavy (non-hydrogen) atoms. The van der Waals surface area contributed by atoms with Crippen LogP contribution in [-0.2, 0) is 6.42 Å². The number of nitrogens with zero attached hydrogens (tertiary/aromatic N) is 1. The number of hydrogen-bond acceptors (Lipinski definition) is 2. The van der Waals surface area contributed by atoms with E-state index in [2.05, 4.69) is 45.0 Å². The molecular weight excluding hydrogens is 270 g/mol. The fourth-order valence-corrected chi connectivity index (χ4v) is 2.91. The smallest absolute Gasteiger partial charge is 0.119 e. The normalized spacial score (nSPS) is 10.9. The molecule has 0 bridgehead atoms. The van der Waals surface area contributed by atoms with Gasteiger partial charge in [-0.2, -0.15) is 0 Å². The number of benzene rings is 2. The predicted molar refractivity (Wildman–Crippen MR) is 92.6 cm³/mol. The lowest BCUT2D eigenvalue weighted by Gasteiger charge is -2.13. The number of aromatic nitrogens is 1. The van der Waals surface area contributed by atoms with Gasteiger partial charge in [0.2, 0.25) is 0 Å². The summed E-state index contributed by atoms with van der Waals surface area (Å²) in [5.41, 5.74) is 7.15. The van der Waals surface area contributed by atoms with E-state index >= 15 is 0 Å². The lowest BCUT2D eigenvalue weighted by Crippen LogP contribution is -1.96. The van der Waals surface area contributed by atoms with Gasteiger partial charge in [0.1, 0.15) is 5.75 Å². The summed E-state index contributed by atoms with van der Waals surface area (Å²) in [6.07, 6.45) is 0.961. The molecule has 0 saturated heterocycles. The SMILES string of the molecule is CCc1cc2cc(OC)ccc2nc1-c1ccc(C)cc1C. The van der Waals surface area contributed by atoms with Gasteiger partial charge in [0.25, 0.3) is 0 Å². The van der Waals surface area contributed by atoms with Crippen molar-refractivity contribution in [2.75, 3.05) is 7.11 Å². The molecule has 0 N–H and O–H groups in total. The van der Waals surface area contributed by atoms with E-state index in [9.17, 15) is 0 Å². The highest BCUT2D eigenvalue weighted by atomic mass is 16.5. The van der Waals surface area contributed by atoms with E-state index in [0.29, 0.717) is 0 Å². The van der Waals surface area contributed by atoms with Crippen LogP contribution in [0.2, 0.25) is 0 Å². The number of hydrogen-bond donors (Lipinski definition) is 0. The first kappa shape index (κ1) is 14.6. The van der Waals surface area contributed by atoms with Gasteiger partial charge in [-0.05, 0) is 55.7 Å². The molecule has 1 heterocycles. The Bertz CT molecular complexity index is 836. The van der Waals surface area contributed by atoms with Gasteiger partial charge < -0.3 is 4.74 Å². The highest BCUT2D eigenvalue weighted by Crippen LogP contribution is 2.30. The Hall–Kier alpha value is -2.35. The molecule has 3 rings (SSSR count). The molecule has 0 amide bonds. The standard InChI is InChI=1S/C20H21NO/c1-5-15-11-16-12-17(22-4)7-9-19(16)21-20(15)18-8-6-13(2)10-14(18)3/h6-12H,5H2,1-4H3. The third kappa shape index (κ3) is 2.57. The summed E-state index contributed by atoms with van der Waals surface area (Å²) in [5, 5.41) is 1.13. The van der Waals surface area contributed by atoms with E-state index in [-0.39, 0.29) is 0 Å². The monoisotopic (exact) mass is 291 g/mol. The Morgan fingerprint density at radius 1 is 1.00 bits per heavy atom. The van der Waals surface area contributed by atoms with Crippen LogP contribution in [0, 0.1) is 13.8 Å². The fraction of sp³-hybridized carbons (Fsp3) is 0.250. The Kier molecular flexibility index (Phi) is 3.84. The van der Waals surface area contributed by atoms with Gasteiger partial charge in [0.15, 0.2) is 0 Å². The van der Waals surface area contributed by atoms with Crippen molar-refractivity contribution in [1.29, 1.82) is 0 Å². The first-order valence-corrected chi connectivity index (χ1v) is 7.67. The Morgan fingerprint density at radius 2 is 1.82 bits per heavy atom. The maximum absolute atomic E-state index is 5.32. The van der Waals surface area contributed by atoms with E-state index in [1.165, 1.54) is 22.3 Å². The molecule has 0 radical (unpaired) electrons. The van der Waals surface area contributed by atoms with Gasteiger partial charge in [-0.25, -0.2) is 4.98 Å². The molecule has 0 aliphatic carbocycles. The average molecular weight is 291 g/mol. The van der Waals surface area contributed by atoms with Crippen LogP contribution in [0.1, 0.15) is 23.6 Å². The van der Waals surface area contributed by atoms with E-state index in [4.69, 9.17) is 9.72 Å². The van der Waals surface area contributed by atoms with Crippen LogP contribution in [0.15, 0.2) is 42.5 Å². The van der Waals surface area contributed by atoms with E-state index < -0.39 is 0 Å². The van der Waals surface area contributed by atoms with Crippen molar-refractivity contribution in [2.45, 2.75) is 27.2 Å². The van der Waals surface area contributed by atoms with E-state index in [1.54, 1.807) is 7.11 Å². The van der Waals surface area contributed by atoms with Crippen LogP contribution < -0.4 is 4.74 Å². The van der Waals surface area contributed by atoms with Crippen molar-refractivity contribution in [3.05, 3.63) is 59.2 Å². The molecule has 112 valence electrons. The Morgan fingerprint density at radius 3 is 2.50 bits per heavy atom. The number of fused-ring (bicyclic) bond motifs is 1. The maximum Gasteiger partial charge on any atom is 0.119 e. The zero-order valence-corrected chi connectivity index (χ0v) is 13.6. The molecule has 3 aromatic rings. The molecule has 0 unspecified atom stereocenters. The largest absolute Gasteiger partial charge is 0.497 e. The highest BCUT2D eigenvalue weighted by molar-refractivity contribution is 5.85. The summed E-state index contributed by atoms with van der Waals surface area (Å²) in [6, 6.07) is 14.8. The Labute approximate surface area is 131 Å². The predicted octanol–water partition coefficient (Wildman–Crippen LogP) is 5.09. The molecule has 0 fully saturated rings. The average Bonchev–Trinajstić information content (AvgIpc) is 2.53. The first-order valence-electron chi connectivity index (χ1n) is 7.67. The third-order valence-corrected chi connectivity index (χ3v) is 4.12. The molecule has 1 aromatic heterocycles. The molecule has 2 aromatic carbocycles. The summed E-state index contributed by atoms with van der Waals surface area (Å²) in [4.78, 5) is 4.93. The zero-order chi connectivity index (χ0) is 15.7. The number of methoxy groups -OCH3 is 1. The van der Waals surface area contributed by atoms with Gasteiger partial charge in [0, 0.05) is 10.9 Å². The van der Waals surface area contributed by atoms with Gasteiger partial charge in [-0.1, -0.05) is 30.7 Å². The van der Waals surface area contributed by atoms with E-state index in [0.717, 1.165) is 28.8 Å². The number of aryl methyl sites for hydroxylation is 3. The summed E-state index contributed by atoms with van der Waals surface area (Å²) in [5.74, 6) is 0.871. The van der Waals surface area contributed by atoms with Crippen LogP contribution in [-0.4, -0.2) is 12.1 Å². The van der Waals surface area contributed by atoms with Crippen LogP contribution in [0.4, 0.5) is 0 Å². The zero-order valence-electron chi connectivity index (χ0n) is 13.6. The first-order chi connectivity index (χ1) is 10.6. The second-order valence-corrected chi connectivity index (χ2v) is 5.73. The van der Waals surface area contributed by atoms with Gasteiger partial charge in [-0.15, -0.1) is 0 Å². The van der Waals surface area contributed by atoms with Gasteiger partial charge >= 0.3 is 0 Å². The summed E-state index contributed by atoms with van der Waals surface area (Å²) >= 11 is 0. The lowest BCUT2D eigenvalue weighted by atomic mass is 9.97. The molecule has 0 aliphatic rings. The minimum absolute atomic E-state index is 0.871. The van der Waals surface area contributed by atoms with Crippen molar-refractivity contribution in [1.82, 2.24) is 4.98 Å². The van der Waals surface area contributed by atoms with Crippen molar-refractivity contribution in [2.24, 2.45) is 0 Å².